The van der Waals surface area contributed by atoms with Crippen molar-refractivity contribution in [1.82, 2.24) is 0 Å². The lowest BCUT2D eigenvalue weighted by molar-refractivity contribution is 0.0977. The molecule has 2 nitrogen and oxygen atoms in total. The highest BCUT2D eigenvalue weighted by atomic mass is 16.5. The van der Waals surface area contributed by atoms with E-state index in [1.807, 2.05) is 0 Å². The van der Waals surface area contributed by atoms with Crippen molar-refractivity contribution in [3.05, 3.63) is 35.4 Å². The zero-order valence-corrected chi connectivity index (χ0v) is 11.1. The van der Waals surface area contributed by atoms with Gasteiger partial charge in [-0.15, -0.1) is 0 Å². The fourth-order valence-electron chi connectivity index (χ4n) is 1.75. The first kappa shape index (κ1) is 14.2. The van der Waals surface area contributed by atoms with E-state index in [2.05, 4.69) is 45.0 Å². The van der Waals surface area contributed by atoms with Crippen LogP contribution in [0.2, 0.25) is 0 Å². The van der Waals surface area contributed by atoms with Crippen LogP contribution in [0.5, 0.6) is 0 Å². The standard InChI is InChI=1S/C15H24O2/c1-12(2)11-17-9-8-15(10-16)14-6-4-13(3)5-7-14/h4-7,12,15-16H,8-11H2,1-3H3. The lowest BCUT2D eigenvalue weighted by Gasteiger charge is -2.15. The van der Waals surface area contributed by atoms with Gasteiger partial charge in [-0.2, -0.15) is 0 Å². The Labute approximate surface area is 105 Å². The predicted molar refractivity (Wildman–Crippen MR) is 71.3 cm³/mol. The van der Waals surface area contributed by atoms with Crippen molar-refractivity contribution in [2.75, 3.05) is 19.8 Å². The molecule has 1 rings (SSSR count). The maximum absolute atomic E-state index is 9.40. The van der Waals surface area contributed by atoms with E-state index >= 15 is 0 Å². The third-order valence-electron chi connectivity index (χ3n) is 2.83. The van der Waals surface area contributed by atoms with E-state index in [0.717, 1.165) is 19.6 Å². The van der Waals surface area contributed by atoms with Gasteiger partial charge >= 0.3 is 0 Å². The molecule has 0 saturated heterocycles. The van der Waals surface area contributed by atoms with Crippen molar-refractivity contribution < 1.29 is 9.84 Å². The predicted octanol–water partition coefficient (Wildman–Crippen LogP) is 3.13. The van der Waals surface area contributed by atoms with Crippen molar-refractivity contribution in [1.29, 1.82) is 0 Å². The minimum Gasteiger partial charge on any atom is -0.396 e. The summed E-state index contributed by atoms with van der Waals surface area (Å²) < 4.78 is 5.56. The minimum atomic E-state index is 0.189. The highest BCUT2D eigenvalue weighted by Crippen LogP contribution is 2.19. The summed E-state index contributed by atoms with van der Waals surface area (Å²) in [6.07, 6.45) is 0.881. The zero-order chi connectivity index (χ0) is 12.7. The molecule has 0 radical (unpaired) electrons. The van der Waals surface area contributed by atoms with Crippen LogP contribution in [-0.4, -0.2) is 24.9 Å². The molecular weight excluding hydrogens is 212 g/mol. The van der Waals surface area contributed by atoms with Crippen LogP contribution in [0.4, 0.5) is 0 Å². The van der Waals surface area contributed by atoms with Gasteiger partial charge in [0.15, 0.2) is 0 Å². The Bertz CT molecular complexity index is 303. The summed E-state index contributed by atoms with van der Waals surface area (Å²) >= 11 is 0. The Balaban J connectivity index is 2.40. The molecule has 1 unspecified atom stereocenters. The van der Waals surface area contributed by atoms with Gasteiger partial charge in [-0.25, -0.2) is 0 Å². The molecule has 1 atom stereocenters. The second-order valence-electron chi connectivity index (χ2n) is 5.05. The van der Waals surface area contributed by atoms with Crippen LogP contribution in [0.1, 0.15) is 37.3 Å². The van der Waals surface area contributed by atoms with Gasteiger partial charge in [0.2, 0.25) is 0 Å². The molecule has 0 amide bonds. The summed E-state index contributed by atoms with van der Waals surface area (Å²) in [5.74, 6) is 0.768. The Morgan fingerprint density at radius 1 is 1.18 bits per heavy atom. The number of rotatable bonds is 7. The molecular formula is C15H24O2. The lowest BCUT2D eigenvalue weighted by atomic mass is 9.96. The summed E-state index contributed by atoms with van der Waals surface area (Å²) in [6, 6.07) is 8.37. The monoisotopic (exact) mass is 236 g/mol. The lowest BCUT2D eigenvalue weighted by Crippen LogP contribution is -2.10. The molecule has 2 heteroatoms. The van der Waals surface area contributed by atoms with Crippen LogP contribution >= 0.6 is 0 Å². The summed E-state index contributed by atoms with van der Waals surface area (Å²) in [6.45, 7) is 8.06. The molecule has 1 N–H and O–H groups in total. The van der Waals surface area contributed by atoms with Gasteiger partial charge in [0.25, 0.3) is 0 Å². The van der Waals surface area contributed by atoms with Crippen molar-refractivity contribution in [3.8, 4) is 0 Å². The maximum atomic E-state index is 9.40. The molecule has 0 aliphatic heterocycles. The van der Waals surface area contributed by atoms with Crippen LogP contribution in [0.3, 0.4) is 0 Å². The molecule has 1 aromatic rings. The Hall–Kier alpha value is -0.860. The average Bonchev–Trinajstić information content (AvgIpc) is 2.30. The van der Waals surface area contributed by atoms with E-state index in [9.17, 15) is 5.11 Å². The quantitative estimate of drug-likeness (QED) is 0.737. The van der Waals surface area contributed by atoms with Gasteiger partial charge in [0.1, 0.15) is 0 Å². The van der Waals surface area contributed by atoms with E-state index in [1.165, 1.54) is 11.1 Å². The molecule has 1 aromatic carbocycles. The first-order chi connectivity index (χ1) is 8.13. The van der Waals surface area contributed by atoms with E-state index in [0.29, 0.717) is 5.92 Å². The van der Waals surface area contributed by atoms with Gasteiger partial charge < -0.3 is 9.84 Å². The fourth-order valence-corrected chi connectivity index (χ4v) is 1.75. The summed E-state index contributed by atoms with van der Waals surface area (Å²) in [4.78, 5) is 0. The molecule has 0 saturated carbocycles. The van der Waals surface area contributed by atoms with Gasteiger partial charge in [-0.1, -0.05) is 43.7 Å². The zero-order valence-electron chi connectivity index (χ0n) is 11.1. The largest absolute Gasteiger partial charge is 0.396 e. The summed E-state index contributed by atoms with van der Waals surface area (Å²) in [7, 11) is 0. The fraction of sp³-hybridized carbons (Fsp3) is 0.600. The Kier molecular flexibility index (Phi) is 6.23. The van der Waals surface area contributed by atoms with Gasteiger partial charge in [0, 0.05) is 19.1 Å². The first-order valence-electron chi connectivity index (χ1n) is 6.38. The van der Waals surface area contributed by atoms with Crippen LogP contribution in [0, 0.1) is 12.8 Å². The minimum absolute atomic E-state index is 0.189. The van der Waals surface area contributed by atoms with Crippen molar-refractivity contribution in [3.63, 3.8) is 0 Å². The number of hydrogen-bond donors (Lipinski definition) is 1. The highest BCUT2D eigenvalue weighted by molar-refractivity contribution is 5.24. The van der Waals surface area contributed by atoms with Gasteiger partial charge in [-0.05, 0) is 24.8 Å². The molecule has 0 aliphatic rings. The molecule has 0 aromatic heterocycles. The highest BCUT2D eigenvalue weighted by Gasteiger charge is 2.10. The second kappa shape index (κ2) is 7.46. The van der Waals surface area contributed by atoms with Gasteiger partial charge in [-0.3, -0.25) is 0 Å². The van der Waals surface area contributed by atoms with Crippen molar-refractivity contribution in [2.24, 2.45) is 5.92 Å². The van der Waals surface area contributed by atoms with Gasteiger partial charge in [0.05, 0.1) is 6.61 Å². The smallest absolute Gasteiger partial charge is 0.0500 e. The Morgan fingerprint density at radius 3 is 2.35 bits per heavy atom. The summed E-state index contributed by atoms with van der Waals surface area (Å²) in [5.41, 5.74) is 2.45. The first-order valence-corrected chi connectivity index (χ1v) is 6.38. The summed E-state index contributed by atoms with van der Waals surface area (Å²) in [5, 5.41) is 9.40. The maximum Gasteiger partial charge on any atom is 0.0500 e. The molecule has 17 heavy (non-hydrogen) atoms. The van der Waals surface area contributed by atoms with Crippen molar-refractivity contribution >= 4 is 0 Å². The van der Waals surface area contributed by atoms with E-state index in [-0.39, 0.29) is 12.5 Å². The third-order valence-corrected chi connectivity index (χ3v) is 2.83. The van der Waals surface area contributed by atoms with E-state index in [4.69, 9.17) is 4.74 Å². The average molecular weight is 236 g/mol. The third kappa shape index (κ3) is 5.33. The SMILES string of the molecule is Cc1ccc(C(CO)CCOCC(C)C)cc1. The molecule has 0 fully saturated rings. The van der Waals surface area contributed by atoms with Crippen LogP contribution < -0.4 is 0 Å². The molecule has 96 valence electrons. The molecule has 0 aliphatic carbocycles. The number of aliphatic hydroxyl groups excluding tert-OH is 1. The van der Waals surface area contributed by atoms with E-state index < -0.39 is 0 Å². The number of aliphatic hydroxyl groups is 1. The van der Waals surface area contributed by atoms with Crippen LogP contribution in [0.25, 0.3) is 0 Å². The number of aryl methyl sites for hydroxylation is 1. The Morgan fingerprint density at radius 2 is 1.82 bits per heavy atom. The van der Waals surface area contributed by atoms with Crippen LogP contribution in [0.15, 0.2) is 24.3 Å². The second-order valence-corrected chi connectivity index (χ2v) is 5.05. The van der Waals surface area contributed by atoms with Crippen LogP contribution in [-0.2, 0) is 4.74 Å². The van der Waals surface area contributed by atoms with E-state index in [1.54, 1.807) is 0 Å². The molecule has 0 heterocycles. The normalized spacial score (nSPS) is 13.0. The number of ether oxygens (including phenoxy) is 1. The number of benzene rings is 1. The molecule has 0 spiro atoms. The van der Waals surface area contributed by atoms with Crippen molar-refractivity contribution in [2.45, 2.75) is 33.1 Å². The molecule has 0 bridgehead atoms. The topological polar surface area (TPSA) is 29.5 Å². The number of hydrogen-bond acceptors (Lipinski definition) is 2.